The van der Waals surface area contributed by atoms with E-state index in [4.69, 9.17) is 0 Å². The summed E-state index contributed by atoms with van der Waals surface area (Å²) in [5.74, 6) is 0. The quantitative estimate of drug-likeness (QED) is 0.165. The minimum absolute atomic E-state index is 0.00911. The summed E-state index contributed by atoms with van der Waals surface area (Å²) in [4.78, 5) is 5.34. The summed E-state index contributed by atoms with van der Waals surface area (Å²) in [5.41, 5.74) is 26.1. The Labute approximate surface area is 361 Å². The first-order chi connectivity index (χ1) is 28.1. The number of aryl methyl sites for hydroxylation is 3. The van der Waals surface area contributed by atoms with Gasteiger partial charge in [0, 0.05) is 34.1 Å². The van der Waals surface area contributed by atoms with Crippen LogP contribution in [0.15, 0.2) is 103 Å². The van der Waals surface area contributed by atoms with Crippen LogP contribution in [0.1, 0.15) is 134 Å². The molecule has 0 bridgehead atoms. The van der Waals surface area contributed by atoms with Crippen LogP contribution < -0.4 is 26.2 Å². The van der Waals surface area contributed by atoms with Crippen LogP contribution in [-0.2, 0) is 27.1 Å². The Morgan fingerprint density at radius 3 is 1.55 bits per heavy atom. The van der Waals surface area contributed by atoms with E-state index in [1.54, 1.807) is 0 Å². The third-order valence-electron chi connectivity index (χ3n) is 15.0. The molecule has 0 atom stereocenters. The molecule has 2 nitrogen and oxygen atoms in total. The standard InChI is InChI=1S/C57H63BN2/c1-34-24-50-52-51(25-34)60(47-30-42-40(26-36(47)3)54(7,8)32-56(42,11)12)49-31-43-41(55(9,10)33-57(43,13)14)29-45(49)58(52)44-23-22-39(53(4,5)6)28-48(44)59(50)46-27-38(21-20-35(46)2)37-18-16-15-17-19-37/h15-31H,32-33H2,1-14H3. The molecule has 60 heavy (non-hydrogen) atoms. The van der Waals surface area contributed by atoms with Crippen LogP contribution >= 0.6 is 0 Å². The Kier molecular flexibility index (Phi) is 8.17. The van der Waals surface area contributed by atoms with E-state index in [1.807, 2.05) is 0 Å². The van der Waals surface area contributed by atoms with Gasteiger partial charge in [-0.1, -0.05) is 143 Å². The Hall–Kier alpha value is -5.02. The molecule has 10 rings (SSSR count). The lowest BCUT2D eigenvalue weighted by Gasteiger charge is -2.46. The van der Waals surface area contributed by atoms with Gasteiger partial charge < -0.3 is 9.80 Å². The SMILES string of the molecule is Cc1cc2c3c(c1)N(c1cc4c(cc1C)C(C)(C)CC4(C)C)c1cc4c(cc1B3c1ccc(C(C)(C)C)cc1N2c1cc(-c2ccccc2)ccc1C)C(C)(C)CC4(C)C. The zero-order chi connectivity index (χ0) is 42.6. The number of nitrogens with zero attached hydrogens (tertiary/aromatic N) is 2. The van der Waals surface area contributed by atoms with Gasteiger partial charge in [-0.25, -0.2) is 0 Å². The molecule has 0 N–H and O–H groups in total. The van der Waals surface area contributed by atoms with E-state index >= 15 is 0 Å². The summed E-state index contributed by atoms with van der Waals surface area (Å²) >= 11 is 0. The second-order valence-electron chi connectivity index (χ2n) is 22.7. The van der Waals surface area contributed by atoms with Crippen LogP contribution in [0.25, 0.3) is 11.1 Å². The van der Waals surface area contributed by atoms with Crippen LogP contribution in [0.4, 0.5) is 34.1 Å². The monoisotopic (exact) mass is 787 g/mol. The molecule has 0 amide bonds. The van der Waals surface area contributed by atoms with Gasteiger partial charge in [0.2, 0.25) is 0 Å². The molecule has 0 saturated carbocycles. The van der Waals surface area contributed by atoms with E-state index < -0.39 is 0 Å². The predicted molar refractivity (Wildman–Crippen MR) is 260 cm³/mol. The lowest BCUT2D eigenvalue weighted by atomic mass is 9.33. The van der Waals surface area contributed by atoms with Gasteiger partial charge in [-0.3, -0.25) is 0 Å². The lowest BCUT2D eigenvalue weighted by molar-refractivity contribution is 0.403. The van der Waals surface area contributed by atoms with Crippen molar-refractivity contribution in [2.24, 2.45) is 0 Å². The van der Waals surface area contributed by atoms with Crippen molar-refractivity contribution < 1.29 is 0 Å². The summed E-state index contributed by atoms with van der Waals surface area (Å²) in [6, 6.07) is 40.8. The van der Waals surface area contributed by atoms with E-state index in [9.17, 15) is 0 Å². The zero-order valence-electron chi connectivity index (χ0n) is 38.7. The van der Waals surface area contributed by atoms with E-state index in [0.717, 1.165) is 12.8 Å². The summed E-state index contributed by atoms with van der Waals surface area (Å²) in [6.45, 7) is 33.8. The van der Waals surface area contributed by atoms with Crippen molar-refractivity contribution in [1.29, 1.82) is 0 Å². The molecular formula is C57H63BN2. The Bertz CT molecular complexity index is 2790. The van der Waals surface area contributed by atoms with Gasteiger partial charge >= 0.3 is 0 Å². The van der Waals surface area contributed by atoms with Gasteiger partial charge in [-0.2, -0.15) is 0 Å². The smallest absolute Gasteiger partial charge is 0.252 e. The van der Waals surface area contributed by atoms with Crippen LogP contribution in [0, 0.1) is 20.8 Å². The number of anilines is 6. The normalized spacial score (nSPS) is 18.5. The average Bonchev–Trinajstić information content (AvgIpc) is 3.47. The second kappa shape index (κ2) is 12.5. The van der Waals surface area contributed by atoms with Gasteiger partial charge in [-0.05, 0) is 169 Å². The number of rotatable bonds is 3. The molecule has 2 aliphatic carbocycles. The van der Waals surface area contributed by atoms with Gasteiger partial charge in [0.15, 0.2) is 0 Å². The maximum atomic E-state index is 2.70. The first-order valence-corrected chi connectivity index (χ1v) is 22.5. The molecule has 2 aliphatic heterocycles. The molecule has 0 spiro atoms. The fraction of sp³-hybridized carbons (Fsp3) is 0.368. The average molecular weight is 787 g/mol. The van der Waals surface area contributed by atoms with Crippen LogP contribution in [-0.4, -0.2) is 6.71 Å². The minimum atomic E-state index is -0.00911. The zero-order valence-corrected chi connectivity index (χ0v) is 38.7. The molecule has 2 heterocycles. The first kappa shape index (κ1) is 39.1. The highest BCUT2D eigenvalue weighted by Gasteiger charge is 2.49. The fourth-order valence-electron chi connectivity index (χ4n) is 12.6. The molecule has 0 radical (unpaired) electrons. The molecule has 0 saturated heterocycles. The van der Waals surface area contributed by atoms with E-state index in [-0.39, 0.29) is 33.8 Å². The number of hydrogen-bond acceptors (Lipinski definition) is 2. The third kappa shape index (κ3) is 5.66. The minimum Gasteiger partial charge on any atom is -0.311 e. The van der Waals surface area contributed by atoms with Gasteiger partial charge in [0.05, 0.1) is 0 Å². The topological polar surface area (TPSA) is 6.48 Å². The number of benzene rings is 6. The molecule has 304 valence electrons. The number of hydrogen-bond donors (Lipinski definition) is 0. The molecular weight excluding hydrogens is 723 g/mol. The van der Waals surface area contributed by atoms with Gasteiger partial charge in [-0.15, -0.1) is 0 Å². The van der Waals surface area contributed by atoms with Crippen molar-refractivity contribution in [1.82, 2.24) is 0 Å². The molecule has 3 heteroatoms. The van der Waals surface area contributed by atoms with Crippen molar-refractivity contribution in [3.8, 4) is 11.1 Å². The van der Waals surface area contributed by atoms with E-state index in [0.29, 0.717) is 0 Å². The van der Waals surface area contributed by atoms with Crippen LogP contribution in [0.5, 0.6) is 0 Å². The van der Waals surface area contributed by atoms with E-state index in [2.05, 4.69) is 210 Å². The summed E-state index contributed by atoms with van der Waals surface area (Å²) in [6.07, 6.45) is 2.29. The number of fused-ring (bicyclic) bond motifs is 6. The van der Waals surface area contributed by atoms with Crippen molar-refractivity contribution in [2.45, 2.75) is 137 Å². The summed E-state index contributed by atoms with van der Waals surface area (Å²) in [7, 11) is 0. The van der Waals surface area contributed by atoms with Crippen molar-refractivity contribution in [3.05, 3.63) is 148 Å². The predicted octanol–water partition coefficient (Wildman–Crippen LogP) is 13.6. The maximum absolute atomic E-state index is 2.70. The maximum Gasteiger partial charge on any atom is 0.252 e. The van der Waals surface area contributed by atoms with Crippen LogP contribution in [0.3, 0.4) is 0 Å². The molecule has 6 aromatic rings. The highest BCUT2D eigenvalue weighted by molar-refractivity contribution is 7.00. The summed E-state index contributed by atoms with van der Waals surface area (Å²) < 4.78 is 0. The highest BCUT2D eigenvalue weighted by atomic mass is 15.2. The van der Waals surface area contributed by atoms with Crippen LogP contribution in [0.2, 0.25) is 0 Å². The summed E-state index contributed by atoms with van der Waals surface area (Å²) in [5, 5.41) is 0. The van der Waals surface area contributed by atoms with Crippen molar-refractivity contribution in [2.75, 3.05) is 9.80 Å². The van der Waals surface area contributed by atoms with E-state index in [1.165, 1.54) is 106 Å². The third-order valence-corrected chi connectivity index (χ3v) is 15.0. The molecule has 0 aromatic heterocycles. The molecule has 6 aromatic carbocycles. The second-order valence-corrected chi connectivity index (χ2v) is 22.7. The van der Waals surface area contributed by atoms with Gasteiger partial charge in [0.25, 0.3) is 6.71 Å². The fourth-order valence-corrected chi connectivity index (χ4v) is 12.6. The molecule has 0 fully saturated rings. The Morgan fingerprint density at radius 2 is 0.967 bits per heavy atom. The Balaban J connectivity index is 1.33. The highest BCUT2D eigenvalue weighted by Crippen LogP contribution is 2.55. The Morgan fingerprint density at radius 1 is 0.450 bits per heavy atom. The van der Waals surface area contributed by atoms with Crippen molar-refractivity contribution >= 4 is 57.2 Å². The first-order valence-electron chi connectivity index (χ1n) is 22.5. The molecule has 4 aliphatic rings. The largest absolute Gasteiger partial charge is 0.311 e. The van der Waals surface area contributed by atoms with Gasteiger partial charge in [0.1, 0.15) is 0 Å². The van der Waals surface area contributed by atoms with Crippen molar-refractivity contribution in [3.63, 3.8) is 0 Å². The molecule has 0 unspecified atom stereocenters. The lowest BCUT2D eigenvalue weighted by Crippen LogP contribution is -2.61.